The van der Waals surface area contributed by atoms with Gasteiger partial charge in [0.15, 0.2) is 5.82 Å². The maximum atomic E-state index is 13.9. The van der Waals surface area contributed by atoms with Crippen molar-refractivity contribution in [3.63, 3.8) is 0 Å². The normalized spacial score (nSPS) is 13.4. The summed E-state index contributed by atoms with van der Waals surface area (Å²) in [5.74, 6) is 0.215. The third-order valence-electron chi connectivity index (χ3n) is 3.93. The van der Waals surface area contributed by atoms with E-state index in [1.54, 1.807) is 30.1 Å². The first kappa shape index (κ1) is 13.6. The van der Waals surface area contributed by atoms with Crippen molar-refractivity contribution in [1.29, 1.82) is 5.26 Å². The molecule has 0 spiro atoms. The smallest absolute Gasteiger partial charge is 0.151 e. The molecule has 3 rings (SSSR count). The van der Waals surface area contributed by atoms with Crippen LogP contribution in [-0.4, -0.2) is 12.0 Å². The number of rotatable bonds is 2. The highest BCUT2D eigenvalue weighted by Crippen LogP contribution is 2.30. The molecule has 1 aromatic carbocycles. The largest absolute Gasteiger partial charge is 0.326 e. The van der Waals surface area contributed by atoms with Crippen molar-refractivity contribution < 1.29 is 4.39 Å². The Bertz CT molecular complexity index is 718. The fraction of sp³-hybridized carbons (Fsp3) is 0.294. The van der Waals surface area contributed by atoms with E-state index in [0.29, 0.717) is 17.1 Å². The average molecular weight is 281 g/mol. The fourth-order valence-electron chi connectivity index (χ4n) is 2.80. The van der Waals surface area contributed by atoms with Crippen LogP contribution in [-0.2, 0) is 12.8 Å². The lowest BCUT2D eigenvalue weighted by Gasteiger charge is -2.23. The summed E-state index contributed by atoms with van der Waals surface area (Å²) in [6.45, 7) is 0. The number of hydrogen-bond donors (Lipinski definition) is 0. The number of halogens is 1. The molecule has 0 fully saturated rings. The van der Waals surface area contributed by atoms with Crippen LogP contribution in [0, 0.1) is 17.1 Å². The van der Waals surface area contributed by atoms with Gasteiger partial charge < -0.3 is 4.90 Å². The molecule has 1 aliphatic rings. The number of anilines is 2. The van der Waals surface area contributed by atoms with Gasteiger partial charge in [-0.2, -0.15) is 5.26 Å². The van der Waals surface area contributed by atoms with E-state index in [1.807, 2.05) is 6.07 Å². The lowest BCUT2D eigenvalue weighted by molar-refractivity contribution is 0.626. The van der Waals surface area contributed by atoms with Gasteiger partial charge >= 0.3 is 0 Å². The van der Waals surface area contributed by atoms with Crippen LogP contribution >= 0.6 is 0 Å². The van der Waals surface area contributed by atoms with Gasteiger partial charge in [-0.1, -0.05) is 12.1 Å². The second-order valence-corrected chi connectivity index (χ2v) is 5.29. The van der Waals surface area contributed by atoms with Crippen LogP contribution < -0.4 is 4.90 Å². The minimum Gasteiger partial charge on any atom is -0.326 e. The van der Waals surface area contributed by atoms with Crippen LogP contribution in [0.1, 0.15) is 29.7 Å². The van der Waals surface area contributed by atoms with Crippen LogP contribution in [0.15, 0.2) is 30.3 Å². The molecule has 2 aromatic rings. The summed E-state index contributed by atoms with van der Waals surface area (Å²) in [5.41, 5.74) is 3.13. The highest BCUT2D eigenvalue weighted by atomic mass is 19.1. The zero-order chi connectivity index (χ0) is 14.8. The minimum absolute atomic E-state index is 0.316. The van der Waals surface area contributed by atoms with Gasteiger partial charge in [-0.15, -0.1) is 0 Å². The number of aromatic nitrogens is 1. The van der Waals surface area contributed by atoms with E-state index in [4.69, 9.17) is 0 Å². The van der Waals surface area contributed by atoms with Crippen molar-refractivity contribution in [2.45, 2.75) is 25.7 Å². The van der Waals surface area contributed by atoms with E-state index in [9.17, 15) is 9.65 Å². The molecule has 3 nitrogen and oxygen atoms in total. The Labute approximate surface area is 123 Å². The molecule has 0 saturated heterocycles. The molecular formula is C17H16FN3. The first-order chi connectivity index (χ1) is 10.2. The van der Waals surface area contributed by atoms with Crippen molar-refractivity contribution in [2.24, 2.45) is 0 Å². The molecule has 0 N–H and O–H groups in total. The Morgan fingerprint density at radius 3 is 2.76 bits per heavy atom. The Morgan fingerprint density at radius 2 is 2.00 bits per heavy atom. The number of nitrogens with zero attached hydrogens (tertiary/aromatic N) is 3. The zero-order valence-electron chi connectivity index (χ0n) is 11.9. The van der Waals surface area contributed by atoms with Gasteiger partial charge in [-0.05, 0) is 49.4 Å². The van der Waals surface area contributed by atoms with Crippen LogP contribution in [0.2, 0.25) is 0 Å². The van der Waals surface area contributed by atoms with Gasteiger partial charge in [0.2, 0.25) is 0 Å². The predicted octanol–water partition coefficient (Wildman–Crippen LogP) is 3.74. The average Bonchev–Trinajstić information content (AvgIpc) is 2.53. The van der Waals surface area contributed by atoms with E-state index >= 15 is 0 Å². The van der Waals surface area contributed by atoms with Crippen molar-refractivity contribution in [2.75, 3.05) is 11.9 Å². The molecule has 1 aliphatic carbocycles. The predicted molar refractivity (Wildman–Crippen MR) is 80.1 cm³/mol. The lowest BCUT2D eigenvalue weighted by Crippen LogP contribution is -2.17. The molecule has 0 aliphatic heterocycles. The number of para-hydroxylation sites is 1. The van der Waals surface area contributed by atoms with Crippen molar-refractivity contribution in [3.8, 4) is 6.07 Å². The van der Waals surface area contributed by atoms with E-state index < -0.39 is 0 Å². The van der Waals surface area contributed by atoms with Gasteiger partial charge in [0.25, 0.3) is 0 Å². The summed E-state index contributed by atoms with van der Waals surface area (Å²) < 4.78 is 13.9. The van der Waals surface area contributed by atoms with Crippen LogP contribution in [0.3, 0.4) is 0 Å². The van der Waals surface area contributed by atoms with Gasteiger partial charge in [0, 0.05) is 12.7 Å². The molecule has 0 amide bonds. The van der Waals surface area contributed by atoms with E-state index in [-0.39, 0.29) is 5.82 Å². The van der Waals surface area contributed by atoms with E-state index in [1.165, 1.54) is 6.07 Å². The summed E-state index contributed by atoms with van der Waals surface area (Å²) in [7, 11) is 1.75. The van der Waals surface area contributed by atoms with Crippen molar-refractivity contribution in [1.82, 2.24) is 4.98 Å². The van der Waals surface area contributed by atoms with Crippen molar-refractivity contribution >= 4 is 11.5 Å². The Balaban J connectivity index is 2.09. The summed E-state index contributed by atoms with van der Waals surface area (Å²) in [5, 5.41) is 9.37. The molecule has 0 unspecified atom stereocenters. The number of nitriles is 1. The van der Waals surface area contributed by atoms with Gasteiger partial charge in [-0.25, -0.2) is 9.37 Å². The minimum atomic E-state index is -0.316. The molecule has 0 radical (unpaired) electrons. The molecule has 0 atom stereocenters. The monoisotopic (exact) mass is 281 g/mol. The van der Waals surface area contributed by atoms with Gasteiger partial charge in [0.05, 0.1) is 11.3 Å². The zero-order valence-corrected chi connectivity index (χ0v) is 11.9. The third-order valence-corrected chi connectivity index (χ3v) is 3.93. The first-order valence-electron chi connectivity index (χ1n) is 7.12. The third kappa shape index (κ3) is 2.47. The van der Waals surface area contributed by atoms with Gasteiger partial charge in [0.1, 0.15) is 11.9 Å². The van der Waals surface area contributed by atoms with Crippen LogP contribution in [0.4, 0.5) is 15.9 Å². The fourth-order valence-corrected chi connectivity index (χ4v) is 2.80. The van der Waals surface area contributed by atoms with E-state index in [2.05, 4.69) is 11.1 Å². The Morgan fingerprint density at radius 1 is 1.24 bits per heavy atom. The molecule has 0 bridgehead atoms. The second-order valence-electron chi connectivity index (χ2n) is 5.29. The molecule has 4 heteroatoms. The number of benzene rings is 1. The Hall–Kier alpha value is -2.41. The van der Waals surface area contributed by atoms with Gasteiger partial charge in [-0.3, -0.25) is 0 Å². The van der Waals surface area contributed by atoms with E-state index in [0.717, 1.165) is 36.9 Å². The number of fused-ring (bicyclic) bond motifs is 1. The maximum Gasteiger partial charge on any atom is 0.151 e. The summed E-state index contributed by atoms with van der Waals surface area (Å²) >= 11 is 0. The topological polar surface area (TPSA) is 39.9 Å². The molecular weight excluding hydrogens is 265 g/mol. The van der Waals surface area contributed by atoms with Crippen LogP contribution in [0.5, 0.6) is 0 Å². The number of hydrogen-bond acceptors (Lipinski definition) is 3. The quantitative estimate of drug-likeness (QED) is 0.842. The van der Waals surface area contributed by atoms with Crippen molar-refractivity contribution in [3.05, 3.63) is 53.0 Å². The molecule has 106 valence electrons. The molecule has 1 heterocycles. The summed E-state index contributed by atoms with van der Waals surface area (Å²) in [4.78, 5) is 6.29. The van der Waals surface area contributed by atoms with Crippen LogP contribution in [0.25, 0.3) is 0 Å². The highest BCUT2D eigenvalue weighted by Gasteiger charge is 2.19. The Kier molecular flexibility index (Phi) is 3.57. The number of pyridine rings is 1. The summed E-state index contributed by atoms with van der Waals surface area (Å²) in [6, 6.07) is 10.6. The highest BCUT2D eigenvalue weighted by molar-refractivity contribution is 5.66. The molecule has 0 saturated carbocycles. The number of aryl methyl sites for hydroxylation is 2. The standard InChI is InChI=1S/C17H16FN3/c1-21(16-9-5-3-7-14(16)18)17-13(11-19)10-12-6-2-4-8-15(12)20-17/h3,5,7,9-10H,2,4,6,8H2,1H3. The first-order valence-corrected chi connectivity index (χ1v) is 7.12. The molecule has 21 heavy (non-hydrogen) atoms. The lowest BCUT2D eigenvalue weighted by atomic mass is 9.95. The summed E-state index contributed by atoms with van der Waals surface area (Å²) in [6.07, 6.45) is 4.16. The SMILES string of the molecule is CN(c1ccccc1F)c1nc2c(cc1C#N)CCCC2. The molecule has 1 aromatic heterocycles. The maximum absolute atomic E-state index is 13.9. The second kappa shape index (κ2) is 5.53.